The molecule has 2 rings (SSSR count). The first kappa shape index (κ1) is 8.59. The summed E-state index contributed by atoms with van der Waals surface area (Å²) in [6, 6.07) is 1.42. The topological polar surface area (TPSA) is 46.2 Å². The van der Waals surface area contributed by atoms with Crippen LogP contribution >= 0.6 is 0 Å². The third kappa shape index (κ3) is 1.22. The van der Waals surface area contributed by atoms with Crippen LogP contribution < -0.4 is 5.73 Å². The summed E-state index contributed by atoms with van der Waals surface area (Å²) in [5, 5.41) is 9.44. The van der Waals surface area contributed by atoms with Gasteiger partial charge in [-0.15, -0.1) is 0 Å². The summed E-state index contributed by atoms with van der Waals surface area (Å²) in [6.45, 7) is 0. The van der Waals surface area contributed by atoms with Crippen molar-refractivity contribution in [2.45, 2.75) is 18.6 Å². The van der Waals surface area contributed by atoms with Crippen molar-refractivity contribution in [3.8, 4) is 0 Å². The summed E-state index contributed by atoms with van der Waals surface area (Å²) >= 11 is 0. The van der Waals surface area contributed by atoms with Gasteiger partial charge in [0.25, 0.3) is 0 Å². The number of benzene rings is 1. The number of hydrogen-bond acceptors (Lipinski definition) is 2. The predicted molar refractivity (Wildman–Crippen MR) is 43.0 cm³/mol. The zero-order chi connectivity index (χ0) is 9.59. The lowest BCUT2D eigenvalue weighted by Gasteiger charge is -2.07. The summed E-state index contributed by atoms with van der Waals surface area (Å²) < 4.78 is 25.8. The monoisotopic (exact) mass is 185 g/mol. The molecule has 0 unspecified atom stereocenters. The van der Waals surface area contributed by atoms with E-state index in [1.54, 1.807) is 0 Å². The summed E-state index contributed by atoms with van der Waals surface area (Å²) in [7, 11) is 0. The van der Waals surface area contributed by atoms with Crippen molar-refractivity contribution in [3.63, 3.8) is 0 Å². The fourth-order valence-electron chi connectivity index (χ4n) is 1.68. The molecule has 1 aromatic carbocycles. The van der Waals surface area contributed by atoms with E-state index in [0.29, 0.717) is 5.56 Å². The third-order valence-corrected chi connectivity index (χ3v) is 2.36. The Morgan fingerprint density at radius 1 is 1.38 bits per heavy atom. The lowest BCUT2D eigenvalue weighted by Crippen LogP contribution is -2.24. The number of aliphatic hydroxyl groups is 1. The van der Waals surface area contributed by atoms with Crippen molar-refractivity contribution in [3.05, 3.63) is 34.9 Å². The van der Waals surface area contributed by atoms with Crippen LogP contribution in [0.4, 0.5) is 8.78 Å². The normalized spacial score (nSPS) is 26.2. The van der Waals surface area contributed by atoms with Gasteiger partial charge in [0.1, 0.15) is 11.6 Å². The van der Waals surface area contributed by atoms with Gasteiger partial charge in [-0.05, 0) is 23.6 Å². The van der Waals surface area contributed by atoms with Gasteiger partial charge < -0.3 is 10.8 Å². The largest absolute Gasteiger partial charge is 0.387 e. The Balaban J connectivity index is 2.57. The highest BCUT2D eigenvalue weighted by molar-refractivity contribution is 5.37. The van der Waals surface area contributed by atoms with Gasteiger partial charge in [-0.25, -0.2) is 8.78 Å². The van der Waals surface area contributed by atoms with Crippen LogP contribution in [0.5, 0.6) is 0 Å². The molecular formula is C9H9F2NO. The van der Waals surface area contributed by atoms with Gasteiger partial charge in [0.15, 0.2) is 0 Å². The lowest BCUT2D eigenvalue weighted by atomic mass is 10.1. The van der Waals surface area contributed by atoms with Crippen LogP contribution in [-0.4, -0.2) is 11.1 Å². The summed E-state index contributed by atoms with van der Waals surface area (Å²) in [4.78, 5) is 0. The van der Waals surface area contributed by atoms with Crippen molar-refractivity contribution < 1.29 is 13.9 Å². The quantitative estimate of drug-likeness (QED) is 0.630. The molecule has 0 heterocycles. The molecule has 13 heavy (non-hydrogen) atoms. The van der Waals surface area contributed by atoms with Crippen molar-refractivity contribution in [2.75, 3.05) is 0 Å². The second-order valence-corrected chi connectivity index (χ2v) is 3.27. The van der Waals surface area contributed by atoms with Crippen molar-refractivity contribution in [1.29, 1.82) is 0 Å². The Hall–Kier alpha value is -1.00. The van der Waals surface area contributed by atoms with Crippen molar-refractivity contribution in [2.24, 2.45) is 5.73 Å². The van der Waals surface area contributed by atoms with Gasteiger partial charge in [0.2, 0.25) is 0 Å². The molecule has 0 amide bonds. The molecule has 0 bridgehead atoms. The highest BCUT2D eigenvalue weighted by atomic mass is 19.1. The summed E-state index contributed by atoms with van der Waals surface area (Å²) in [5.41, 5.74) is 6.13. The number of rotatable bonds is 0. The second kappa shape index (κ2) is 2.75. The Morgan fingerprint density at radius 2 is 2.08 bits per heavy atom. The van der Waals surface area contributed by atoms with E-state index in [1.807, 2.05) is 0 Å². The molecule has 2 atom stereocenters. The van der Waals surface area contributed by atoms with Gasteiger partial charge in [-0.1, -0.05) is 0 Å². The Labute approximate surface area is 74.0 Å². The number of fused-ring (bicyclic) bond motifs is 1. The fourth-order valence-corrected chi connectivity index (χ4v) is 1.68. The SMILES string of the molecule is N[C@H]1Cc2c(F)cc(F)cc2[C@@H]1O. The van der Waals surface area contributed by atoms with E-state index in [1.165, 1.54) is 0 Å². The van der Waals surface area contributed by atoms with Crippen LogP contribution in [0.25, 0.3) is 0 Å². The molecule has 4 heteroatoms. The van der Waals surface area contributed by atoms with Gasteiger partial charge in [0, 0.05) is 12.1 Å². The Morgan fingerprint density at radius 3 is 2.77 bits per heavy atom. The van der Waals surface area contributed by atoms with E-state index in [2.05, 4.69) is 0 Å². The standard InChI is InChI=1S/C9H9F2NO/c10-4-1-6-5(7(11)2-4)3-8(12)9(6)13/h1-2,8-9,13H,3,12H2/t8-,9-/m0/s1. The molecule has 0 aliphatic heterocycles. The second-order valence-electron chi connectivity index (χ2n) is 3.27. The molecule has 0 saturated heterocycles. The van der Waals surface area contributed by atoms with Crippen LogP contribution in [-0.2, 0) is 6.42 Å². The van der Waals surface area contributed by atoms with E-state index in [4.69, 9.17) is 5.73 Å². The molecular weight excluding hydrogens is 176 g/mol. The van der Waals surface area contributed by atoms with Crippen LogP contribution in [0.3, 0.4) is 0 Å². The van der Waals surface area contributed by atoms with Crippen LogP contribution in [0.1, 0.15) is 17.2 Å². The highest BCUT2D eigenvalue weighted by Gasteiger charge is 2.30. The predicted octanol–water partition coefficient (Wildman–Crippen LogP) is 0.882. The molecule has 0 radical (unpaired) electrons. The van der Waals surface area contributed by atoms with E-state index in [9.17, 15) is 13.9 Å². The number of aliphatic hydroxyl groups excluding tert-OH is 1. The smallest absolute Gasteiger partial charge is 0.129 e. The first-order chi connectivity index (χ1) is 6.09. The lowest BCUT2D eigenvalue weighted by molar-refractivity contribution is 0.159. The molecule has 0 saturated carbocycles. The first-order valence-corrected chi connectivity index (χ1v) is 4.01. The molecule has 0 aromatic heterocycles. The van der Waals surface area contributed by atoms with E-state index in [-0.39, 0.29) is 12.0 Å². The minimum Gasteiger partial charge on any atom is -0.387 e. The highest BCUT2D eigenvalue weighted by Crippen LogP contribution is 2.32. The molecule has 1 aliphatic rings. The molecule has 3 N–H and O–H groups in total. The first-order valence-electron chi connectivity index (χ1n) is 4.01. The van der Waals surface area contributed by atoms with Crippen LogP contribution in [0.2, 0.25) is 0 Å². The van der Waals surface area contributed by atoms with E-state index >= 15 is 0 Å². The molecule has 70 valence electrons. The third-order valence-electron chi connectivity index (χ3n) is 2.36. The van der Waals surface area contributed by atoms with E-state index < -0.39 is 23.8 Å². The molecule has 0 fully saturated rings. The zero-order valence-corrected chi connectivity index (χ0v) is 6.80. The number of halogens is 2. The number of nitrogens with two attached hydrogens (primary N) is 1. The van der Waals surface area contributed by atoms with Gasteiger partial charge in [-0.2, -0.15) is 0 Å². The summed E-state index contributed by atoms with van der Waals surface area (Å²) in [5.74, 6) is -1.30. The van der Waals surface area contributed by atoms with Gasteiger partial charge in [0.05, 0.1) is 6.10 Å². The van der Waals surface area contributed by atoms with Crippen molar-refractivity contribution >= 4 is 0 Å². The molecule has 1 aromatic rings. The molecule has 2 nitrogen and oxygen atoms in total. The maximum atomic E-state index is 13.1. The average Bonchev–Trinajstić information content (AvgIpc) is 2.32. The molecule has 1 aliphatic carbocycles. The number of hydrogen-bond donors (Lipinski definition) is 2. The summed E-state index contributed by atoms with van der Waals surface area (Å²) in [6.07, 6.45) is -0.678. The molecule has 0 spiro atoms. The van der Waals surface area contributed by atoms with E-state index in [0.717, 1.165) is 12.1 Å². The Kier molecular flexibility index (Phi) is 1.82. The van der Waals surface area contributed by atoms with Gasteiger partial charge >= 0.3 is 0 Å². The minimum absolute atomic E-state index is 0.266. The average molecular weight is 185 g/mol. The zero-order valence-electron chi connectivity index (χ0n) is 6.80. The van der Waals surface area contributed by atoms with Gasteiger partial charge in [-0.3, -0.25) is 0 Å². The maximum absolute atomic E-state index is 13.1. The maximum Gasteiger partial charge on any atom is 0.129 e. The van der Waals surface area contributed by atoms with Crippen LogP contribution in [0.15, 0.2) is 12.1 Å². The van der Waals surface area contributed by atoms with Crippen molar-refractivity contribution in [1.82, 2.24) is 0 Å². The fraction of sp³-hybridized carbons (Fsp3) is 0.333. The minimum atomic E-state index is -0.944. The van der Waals surface area contributed by atoms with Crippen LogP contribution in [0, 0.1) is 11.6 Å². The Bertz CT molecular complexity index is 354.